The van der Waals surface area contributed by atoms with Crippen LogP contribution in [0.2, 0.25) is 0 Å². The van der Waals surface area contributed by atoms with Crippen molar-refractivity contribution in [3.63, 3.8) is 0 Å². The lowest BCUT2D eigenvalue weighted by Crippen LogP contribution is -2.34. The van der Waals surface area contributed by atoms with Crippen LogP contribution in [0.3, 0.4) is 0 Å². The van der Waals surface area contributed by atoms with Gasteiger partial charge in [0.25, 0.3) is 5.91 Å². The molecule has 0 heterocycles. The van der Waals surface area contributed by atoms with Gasteiger partial charge in [-0.25, -0.2) is 0 Å². The van der Waals surface area contributed by atoms with Crippen molar-refractivity contribution in [3.05, 3.63) is 59.7 Å². The Bertz CT molecular complexity index is 702. The molecular weight excluding hydrogens is 310 g/mol. The Morgan fingerprint density at radius 2 is 1.64 bits per heavy atom. The third kappa shape index (κ3) is 4.10. The molecule has 0 radical (unpaired) electrons. The van der Waals surface area contributed by atoms with Crippen molar-refractivity contribution < 1.29 is 9.90 Å². The predicted octanol–water partition coefficient (Wildman–Crippen LogP) is 4.67. The van der Waals surface area contributed by atoms with Gasteiger partial charge in [0, 0.05) is 19.2 Å². The smallest absolute Gasteiger partial charge is 0.253 e. The maximum absolute atomic E-state index is 12.5. The molecule has 2 aromatic rings. The molecule has 132 valence electrons. The van der Waals surface area contributed by atoms with Crippen molar-refractivity contribution in [1.29, 1.82) is 0 Å². The van der Waals surface area contributed by atoms with Crippen molar-refractivity contribution >= 4 is 5.91 Å². The highest BCUT2D eigenvalue weighted by molar-refractivity contribution is 5.94. The maximum atomic E-state index is 12.5. The molecule has 1 aliphatic carbocycles. The summed E-state index contributed by atoms with van der Waals surface area (Å²) in [5.41, 5.74) is 3.85. The van der Waals surface area contributed by atoms with E-state index in [-0.39, 0.29) is 5.91 Å². The second-order valence-corrected chi connectivity index (χ2v) is 7.11. The minimum Gasteiger partial charge on any atom is -0.388 e. The molecule has 1 fully saturated rings. The van der Waals surface area contributed by atoms with Crippen LogP contribution in [-0.4, -0.2) is 29.5 Å². The number of rotatable bonds is 6. The molecule has 1 N–H and O–H groups in total. The van der Waals surface area contributed by atoms with Gasteiger partial charge in [-0.15, -0.1) is 0 Å². The SMILES string of the molecule is CC[C@H](O)c1ccc(-c2ccc(C(=O)N(C)CC3CCC3)cc2)cc1. The number of carbonyl (C=O) groups excluding carboxylic acids is 1. The number of nitrogens with zero attached hydrogens (tertiary/aromatic N) is 1. The summed E-state index contributed by atoms with van der Waals surface area (Å²) >= 11 is 0. The molecule has 1 aliphatic rings. The minimum absolute atomic E-state index is 0.0971. The Hall–Kier alpha value is -2.13. The van der Waals surface area contributed by atoms with Crippen molar-refractivity contribution in [2.45, 2.75) is 38.7 Å². The number of aliphatic hydroxyl groups excluding tert-OH is 1. The number of carbonyl (C=O) groups is 1. The third-order valence-electron chi connectivity index (χ3n) is 5.25. The lowest BCUT2D eigenvalue weighted by Gasteiger charge is -2.30. The number of amides is 1. The predicted molar refractivity (Wildman–Crippen MR) is 101 cm³/mol. The fourth-order valence-electron chi connectivity index (χ4n) is 3.30. The van der Waals surface area contributed by atoms with E-state index in [0.29, 0.717) is 12.3 Å². The molecule has 0 saturated heterocycles. The summed E-state index contributed by atoms with van der Waals surface area (Å²) in [6.07, 6.45) is 4.11. The fraction of sp³-hybridized carbons (Fsp3) is 0.409. The van der Waals surface area contributed by atoms with Gasteiger partial charge >= 0.3 is 0 Å². The average Bonchev–Trinajstić information content (AvgIpc) is 2.63. The zero-order chi connectivity index (χ0) is 17.8. The van der Waals surface area contributed by atoms with Crippen molar-refractivity contribution in [2.75, 3.05) is 13.6 Å². The van der Waals surface area contributed by atoms with Crippen LogP contribution in [0.15, 0.2) is 48.5 Å². The first kappa shape index (κ1) is 17.7. The normalized spacial score (nSPS) is 15.5. The van der Waals surface area contributed by atoms with E-state index in [9.17, 15) is 9.90 Å². The summed E-state index contributed by atoms with van der Waals surface area (Å²) in [7, 11) is 1.90. The van der Waals surface area contributed by atoms with Crippen molar-refractivity contribution in [3.8, 4) is 11.1 Å². The van der Waals surface area contributed by atoms with E-state index in [4.69, 9.17) is 0 Å². The van der Waals surface area contributed by atoms with Gasteiger partial charge in [-0.2, -0.15) is 0 Å². The van der Waals surface area contributed by atoms with Gasteiger partial charge in [0.15, 0.2) is 0 Å². The monoisotopic (exact) mass is 337 g/mol. The van der Waals surface area contributed by atoms with E-state index in [0.717, 1.165) is 28.8 Å². The van der Waals surface area contributed by atoms with Gasteiger partial charge in [0.2, 0.25) is 0 Å². The number of hydrogen-bond acceptors (Lipinski definition) is 2. The lowest BCUT2D eigenvalue weighted by atomic mass is 9.85. The molecule has 1 saturated carbocycles. The Balaban J connectivity index is 1.67. The Kier molecular flexibility index (Phi) is 5.54. The second-order valence-electron chi connectivity index (χ2n) is 7.11. The highest BCUT2D eigenvalue weighted by atomic mass is 16.3. The summed E-state index contributed by atoms with van der Waals surface area (Å²) in [6, 6.07) is 15.8. The van der Waals surface area contributed by atoms with Crippen LogP contribution in [0.5, 0.6) is 0 Å². The van der Waals surface area contributed by atoms with Crippen molar-refractivity contribution in [1.82, 2.24) is 4.90 Å². The first-order valence-electron chi connectivity index (χ1n) is 9.22. The number of aliphatic hydroxyl groups is 1. The summed E-state index contributed by atoms with van der Waals surface area (Å²) in [4.78, 5) is 14.4. The quantitative estimate of drug-likeness (QED) is 0.832. The molecule has 0 aliphatic heterocycles. The van der Waals surface area contributed by atoms with Crippen LogP contribution in [-0.2, 0) is 0 Å². The van der Waals surface area contributed by atoms with Crippen LogP contribution in [0.4, 0.5) is 0 Å². The largest absolute Gasteiger partial charge is 0.388 e. The van der Waals surface area contributed by atoms with E-state index < -0.39 is 6.10 Å². The average molecular weight is 337 g/mol. The van der Waals surface area contributed by atoms with Crippen LogP contribution < -0.4 is 0 Å². The van der Waals surface area contributed by atoms with Gasteiger partial charge in [-0.3, -0.25) is 4.79 Å². The lowest BCUT2D eigenvalue weighted by molar-refractivity contribution is 0.0745. The van der Waals surface area contributed by atoms with Crippen LogP contribution in [0.25, 0.3) is 11.1 Å². The maximum Gasteiger partial charge on any atom is 0.253 e. The summed E-state index contributed by atoms with van der Waals surface area (Å²) in [6.45, 7) is 2.83. The van der Waals surface area contributed by atoms with Crippen molar-refractivity contribution in [2.24, 2.45) is 5.92 Å². The van der Waals surface area contributed by atoms with E-state index >= 15 is 0 Å². The second kappa shape index (κ2) is 7.83. The molecular formula is C22H27NO2. The van der Waals surface area contributed by atoms with E-state index in [1.165, 1.54) is 19.3 Å². The molecule has 2 aromatic carbocycles. The van der Waals surface area contributed by atoms with Crippen LogP contribution in [0.1, 0.15) is 54.6 Å². The molecule has 25 heavy (non-hydrogen) atoms. The molecule has 3 rings (SSSR count). The van der Waals surface area contributed by atoms with Gasteiger partial charge in [-0.1, -0.05) is 49.7 Å². The summed E-state index contributed by atoms with van der Waals surface area (Å²) in [5.74, 6) is 0.782. The first-order valence-corrected chi connectivity index (χ1v) is 9.22. The summed E-state index contributed by atoms with van der Waals surface area (Å²) in [5, 5.41) is 9.88. The Morgan fingerprint density at radius 3 is 2.12 bits per heavy atom. The van der Waals surface area contributed by atoms with Crippen LogP contribution in [0, 0.1) is 5.92 Å². The molecule has 0 aromatic heterocycles. The summed E-state index contributed by atoms with van der Waals surface area (Å²) < 4.78 is 0. The standard InChI is InChI=1S/C22H27NO2/c1-3-21(24)19-11-7-17(8-12-19)18-9-13-20(14-10-18)22(25)23(2)15-16-5-4-6-16/h7-14,16,21,24H,3-6,15H2,1-2H3/t21-/m0/s1. The number of hydrogen-bond donors (Lipinski definition) is 1. The molecule has 0 unspecified atom stereocenters. The zero-order valence-corrected chi connectivity index (χ0v) is 15.1. The van der Waals surface area contributed by atoms with Gasteiger partial charge < -0.3 is 10.0 Å². The highest BCUT2D eigenvalue weighted by Gasteiger charge is 2.22. The molecule has 1 atom stereocenters. The Morgan fingerprint density at radius 1 is 1.08 bits per heavy atom. The van der Waals surface area contributed by atoms with Gasteiger partial charge in [0.1, 0.15) is 0 Å². The van der Waals surface area contributed by atoms with Gasteiger partial charge in [-0.05, 0) is 54.0 Å². The molecule has 1 amide bonds. The fourth-order valence-corrected chi connectivity index (χ4v) is 3.30. The zero-order valence-electron chi connectivity index (χ0n) is 15.1. The molecule has 3 heteroatoms. The minimum atomic E-state index is -0.403. The van der Waals surface area contributed by atoms with Gasteiger partial charge in [0.05, 0.1) is 6.10 Å². The topological polar surface area (TPSA) is 40.5 Å². The number of benzene rings is 2. The molecule has 0 spiro atoms. The first-order chi connectivity index (χ1) is 12.1. The molecule has 0 bridgehead atoms. The highest BCUT2D eigenvalue weighted by Crippen LogP contribution is 2.27. The van der Waals surface area contributed by atoms with E-state index in [1.54, 1.807) is 0 Å². The third-order valence-corrected chi connectivity index (χ3v) is 5.25. The molecule has 3 nitrogen and oxygen atoms in total. The van der Waals surface area contributed by atoms with Crippen LogP contribution >= 0.6 is 0 Å². The van der Waals surface area contributed by atoms with E-state index in [2.05, 4.69) is 0 Å². The van der Waals surface area contributed by atoms with E-state index in [1.807, 2.05) is 67.4 Å². The Labute approximate surface area is 150 Å².